The molecule has 0 amide bonds. The molecule has 0 spiro atoms. The van der Waals surface area contributed by atoms with Gasteiger partial charge < -0.3 is 13.7 Å². The van der Waals surface area contributed by atoms with Crippen LogP contribution in [0.15, 0.2) is 0 Å². The Morgan fingerprint density at radius 2 is 1.33 bits per heavy atom. The van der Waals surface area contributed by atoms with Gasteiger partial charge in [0.05, 0.1) is 14.2 Å². The summed E-state index contributed by atoms with van der Waals surface area (Å²) in [5, 5.41) is 0. The lowest BCUT2D eigenvalue weighted by Crippen LogP contribution is -2.28. The van der Waals surface area contributed by atoms with Gasteiger partial charge in [-0.1, -0.05) is 0 Å². The topological polar surface area (TPSA) is 78.9 Å². The van der Waals surface area contributed by atoms with Crippen molar-refractivity contribution in [1.82, 2.24) is 0 Å². The van der Waals surface area contributed by atoms with Crippen molar-refractivity contribution in [3.63, 3.8) is 0 Å². The number of rotatable bonds is 4. The molecule has 0 aromatic heterocycles. The van der Waals surface area contributed by atoms with Gasteiger partial charge in [-0.05, 0) is 19.6 Å². The van der Waals surface area contributed by atoms with Gasteiger partial charge in [-0.25, -0.2) is 9.59 Å². The maximum absolute atomic E-state index is 12.0. The number of hydrogen-bond acceptors (Lipinski definition) is 6. The number of ether oxygens (including phenoxy) is 2. The molecule has 0 N–H and O–H groups in total. The van der Waals surface area contributed by atoms with E-state index in [4.69, 9.17) is 4.21 Å². The summed E-state index contributed by atoms with van der Waals surface area (Å²) in [6.07, 6.45) is 0. The average Bonchev–Trinajstić information content (AvgIpc) is 2.12. The highest BCUT2D eigenvalue weighted by Crippen LogP contribution is 2.52. The molecule has 0 aliphatic rings. The highest BCUT2D eigenvalue weighted by atomic mass is 31.2. The third-order valence-electron chi connectivity index (χ3n) is 1.23. The van der Waals surface area contributed by atoms with Crippen molar-refractivity contribution in [3.05, 3.63) is 0 Å². The minimum absolute atomic E-state index is 1.03. The minimum Gasteiger partial charge on any atom is -0.461 e. The van der Waals surface area contributed by atoms with Crippen molar-refractivity contribution >= 4 is 27.1 Å². The molecule has 0 saturated carbocycles. The fraction of sp³-hybridized carbons (Fsp3) is 0.714. The predicted molar refractivity (Wildman–Crippen MR) is 56.8 cm³/mol. The standard InChI is InChI=1S/C7H15O6PSi/c1-11-6(8)14(10,7(9)12-2)13-15(3,4)5/h1-5H3. The van der Waals surface area contributed by atoms with Crippen LogP contribution in [0.5, 0.6) is 0 Å². The van der Waals surface area contributed by atoms with Crippen molar-refractivity contribution in [2.24, 2.45) is 0 Å². The lowest BCUT2D eigenvalue weighted by Gasteiger charge is -2.22. The van der Waals surface area contributed by atoms with Crippen LogP contribution in [0.25, 0.3) is 0 Å². The number of methoxy groups -OCH3 is 2. The SMILES string of the molecule is COC(=O)P(=O)(O[Si](C)(C)C)C(=O)OC. The van der Waals surface area contributed by atoms with E-state index in [0.717, 1.165) is 14.2 Å². The predicted octanol–water partition coefficient (Wildman–Crippen LogP) is 2.65. The summed E-state index contributed by atoms with van der Waals surface area (Å²) in [5.74, 6) is 0. The molecule has 8 heteroatoms. The van der Waals surface area contributed by atoms with Crippen LogP contribution >= 0.6 is 7.37 Å². The zero-order valence-corrected chi connectivity index (χ0v) is 11.3. The molecule has 0 aliphatic heterocycles. The molecular weight excluding hydrogens is 239 g/mol. The second-order valence-electron chi connectivity index (χ2n) is 3.70. The van der Waals surface area contributed by atoms with E-state index in [1.54, 1.807) is 19.6 Å². The molecule has 0 bridgehead atoms. The molecule has 15 heavy (non-hydrogen) atoms. The molecule has 0 radical (unpaired) electrons. The van der Waals surface area contributed by atoms with Crippen molar-refractivity contribution < 1.29 is 27.8 Å². The highest BCUT2D eigenvalue weighted by molar-refractivity contribution is 7.90. The number of carbonyl (C=O) groups excluding carboxylic acids is 2. The summed E-state index contributed by atoms with van der Waals surface area (Å²) in [5.41, 5.74) is -2.37. The minimum atomic E-state index is -4.18. The van der Waals surface area contributed by atoms with Gasteiger partial charge >= 0.3 is 18.8 Å². The molecule has 0 atom stereocenters. The van der Waals surface area contributed by atoms with Gasteiger partial charge in [-0.15, -0.1) is 0 Å². The Balaban J connectivity index is 5.14. The van der Waals surface area contributed by atoms with Crippen molar-refractivity contribution in [2.75, 3.05) is 14.2 Å². The van der Waals surface area contributed by atoms with E-state index in [0.29, 0.717) is 0 Å². The van der Waals surface area contributed by atoms with Crippen LogP contribution in [-0.4, -0.2) is 34.0 Å². The molecule has 0 aliphatic carbocycles. The van der Waals surface area contributed by atoms with E-state index in [1.165, 1.54) is 0 Å². The Hall–Kier alpha value is -0.653. The fourth-order valence-electron chi connectivity index (χ4n) is 0.775. The van der Waals surface area contributed by atoms with Crippen LogP contribution in [0.4, 0.5) is 9.59 Å². The Bertz CT molecular complexity index is 287. The summed E-state index contributed by atoms with van der Waals surface area (Å²) >= 11 is 0. The molecule has 0 fully saturated rings. The lowest BCUT2D eigenvalue weighted by molar-refractivity contribution is 0.183. The number of hydrogen-bond donors (Lipinski definition) is 0. The molecular formula is C7H15O6PSi. The lowest BCUT2D eigenvalue weighted by atomic mass is 11.4. The monoisotopic (exact) mass is 254 g/mol. The van der Waals surface area contributed by atoms with Gasteiger partial charge in [0.1, 0.15) is 0 Å². The Morgan fingerprint density at radius 3 is 1.53 bits per heavy atom. The largest absolute Gasteiger partial charge is 0.461 e. The zero-order valence-electron chi connectivity index (χ0n) is 9.40. The summed E-state index contributed by atoms with van der Waals surface area (Å²) < 4.78 is 25.6. The second-order valence-corrected chi connectivity index (χ2v) is 10.5. The van der Waals surface area contributed by atoms with E-state index in [2.05, 4.69) is 9.47 Å². The summed E-state index contributed by atoms with van der Waals surface area (Å²) in [6, 6.07) is 0. The van der Waals surface area contributed by atoms with Crippen LogP contribution in [0.3, 0.4) is 0 Å². The maximum atomic E-state index is 12.0. The maximum Gasteiger partial charge on any atom is 0.404 e. The summed E-state index contributed by atoms with van der Waals surface area (Å²) in [4.78, 5) is 22.4. The molecule has 0 aromatic rings. The van der Waals surface area contributed by atoms with Gasteiger partial charge in [-0.2, -0.15) is 0 Å². The van der Waals surface area contributed by atoms with Gasteiger partial charge in [0.15, 0.2) is 8.32 Å². The summed E-state index contributed by atoms with van der Waals surface area (Å²) in [7, 11) is -4.43. The van der Waals surface area contributed by atoms with Crippen LogP contribution < -0.4 is 0 Å². The Morgan fingerprint density at radius 1 is 1.00 bits per heavy atom. The van der Waals surface area contributed by atoms with E-state index in [1.807, 2.05) is 0 Å². The van der Waals surface area contributed by atoms with Crippen molar-refractivity contribution in [2.45, 2.75) is 19.6 Å². The zero-order chi connectivity index (χ0) is 12.3. The molecule has 0 saturated heterocycles. The van der Waals surface area contributed by atoms with Crippen LogP contribution in [0.2, 0.25) is 19.6 Å². The Kier molecular flexibility index (Phi) is 4.70. The average molecular weight is 254 g/mol. The molecule has 6 nitrogen and oxygen atoms in total. The van der Waals surface area contributed by atoms with Crippen LogP contribution in [0, 0.1) is 0 Å². The van der Waals surface area contributed by atoms with E-state index >= 15 is 0 Å². The van der Waals surface area contributed by atoms with E-state index in [9.17, 15) is 14.2 Å². The fourth-order valence-corrected chi connectivity index (χ4v) is 5.09. The normalized spacial score (nSPS) is 12.1. The van der Waals surface area contributed by atoms with Gasteiger partial charge in [0.25, 0.3) is 0 Å². The third-order valence-corrected chi connectivity index (χ3v) is 5.78. The third kappa shape index (κ3) is 3.77. The molecule has 88 valence electrons. The first-order chi connectivity index (χ1) is 6.67. The molecule has 0 heterocycles. The van der Waals surface area contributed by atoms with Gasteiger partial charge in [0.2, 0.25) is 0 Å². The van der Waals surface area contributed by atoms with Crippen LogP contribution in [0.1, 0.15) is 0 Å². The van der Waals surface area contributed by atoms with Gasteiger partial charge in [-0.3, -0.25) is 4.57 Å². The van der Waals surface area contributed by atoms with Crippen molar-refractivity contribution in [3.8, 4) is 0 Å². The first kappa shape index (κ1) is 14.3. The summed E-state index contributed by atoms with van der Waals surface area (Å²) in [6.45, 7) is 5.10. The Labute approximate surface area is 89.5 Å². The first-order valence-electron chi connectivity index (χ1n) is 4.15. The molecule has 0 aromatic carbocycles. The van der Waals surface area contributed by atoms with Crippen LogP contribution in [-0.2, 0) is 18.3 Å². The van der Waals surface area contributed by atoms with Gasteiger partial charge in [0, 0.05) is 0 Å². The van der Waals surface area contributed by atoms with E-state index < -0.39 is 27.1 Å². The number of carbonyl (C=O) groups is 2. The molecule has 0 rings (SSSR count). The van der Waals surface area contributed by atoms with Crippen molar-refractivity contribution in [1.29, 1.82) is 0 Å². The molecule has 0 unspecified atom stereocenters. The van der Waals surface area contributed by atoms with E-state index in [-0.39, 0.29) is 0 Å². The smallest absolute Gasteiger partial charge is 0.404 e. The second kappa shape index (κ2) is 4.91. The first-order valence-corrected chi connectivity index (χ1v) is 9.18. The highest BCUT2D eigenvalue weighted by Gasteiger charge is 2.47. The quantitative estimate of drug-likeness (QED) is 0.566.